The monoisotopic (exact) mass is 207 g/mol. The topological polar surface area (TPSA) is 40.0 Å². The van der Waals surface area contributed by atoms with E-state index in [4.69, 9.17) is 14.2 Å². The summed E-state index contributed by atoms with van der Waals surface area (Å²) in [5.74, 6) is 1.00. The first-order valence-electron chi connectivity index (χ1n) is 3.11. The third kappa shape index (κ3) is 1.81. The Kier molecular flexibility index (Phi) is 3.61. The molecule has 0 aromatic carbocycles. The summed E-state index contributed by atoms with van der Waals surface area (Å²) in [4.78, 5) is 0. The van der Waals surface area contributed by atoms with Crippen molar-refractivity contribution in [1.82, 2.24) is 0 Å². The van der Waals surface area contributed by atoms with Gasteiger partial charge < -0.3 is 14.2 Å². The Morgan fingerprint density at radius 3 is 2.33 bits per heavy atom. The van der Waals surface area contributed by atoms with Crippen LogP contribution in [0.4, 0.5) is 0 Å². The maximum Gasteiger partial charge on any atom is 0.269 e. The summed E-state index contributed by atoms with van der Waals surface area (Å²) in [7, 11) is 7.37. The Hall–Kier alpha value is -0.490. The zero-order valence-corrected chi connectivity index (χ0v) is 8.62. The number of methoxy groups -OCH3 is 3. The first-order valence-corrected chi connectivity index (χ1v) is 5.22. The molecule has 1 heterocycles. The molecule has 0 saturated carbocycles. The molecular formula is C6H9NO3S2. The molecule has 0 fully saturated rings. The maximum absolute atomic E-state index is 5.06. The molecule has 68 valence electrons. The second-order valence-electron chi connectivity index (χ2n) is 1.78. The van der Waals surface area contributed by atoms with Gasteiger partial charge in [-0.25, -0.2) is 0 Å². The van der Waals surface area contributed by atoms with Crippen LogP contribution in [0, 0.1) is 0 Å². The van der Waals surface area contributed by atoms with Crippen LogP contribution in [0.5, 0.6) is 0 Å². The molecule has 1 rings (SSSR count). The van der Waals surface area contributed by atoms with Crippen LogP contribution in [0.15, 0.2) is 15.2 Å². The van der Waals surface area contributed by atoms with Crippen molar-refractivity contribution < 1.29 is 14.2 Å². The van der Waals surface area contributed by atoms with E-state index in [0.717, 1.165) is 0 Å². The van der Waals surface area contributed by atoms with Crippen molar-refractivity contribution in [1.29, 1.82) is 0 Å². The average molecular weight is 207 g/mol. The molecule has 4 nitrogen and oxygen atoms in total. The number of rotatable bonds is 2. The van der Waals surface area contributed by atoms with Gasteiger partial charge in [-0.05, 0) is 0 Å². The predicted octanol–water partition coefficient (Wildman–Crippen LogP) is 1.80. The first kappa shape index (κ1) is 9.60. The van der Waals surface area contributed by atoms with Gasteiger partial charge in [-0.2, -0.15) is 4.40 Å². The lowest BCUT2D eigenvalue weighted by molar-refractivity contribution is 0.243. The zero-order chi connectivity index (χ0) is 8.97. The van der Waals surface area contributed by atoms with Gasteiger partial charge in [-0.15, -0.1) is 0 Å². The summed E-state index contributed by atoms with van der Waals surface area (Å²) in [5, 5.41) is 0.675. The van der Waals surface area contributed by atoms with Crippen LogP contribution in [0.3, 0.4) is 0 Å². The summed E-state index contributed by atoms with van der Waals surface area (Å²) in [5.41, 5.74) is 0. The molecule has 0 atom stereocenters. The molecule has 0 aromatic rings. The predicted molar refractivity (Wildman–Crippen MR) is 50.7 cm³/mol. The highest BCUT2D eigenvalue weighted by Gasteiger charge is 2.21. The van der Waals surface area contributed by atoms with Crippen LogP contribution >= 0.6 is 21.8 Å². The fourth-order valence-corrected chi connectivity index (χ4v) is 2.27. The smallest absolute Gasteiger partial charge is 0.269 e. The van der Waals surface area contributed by atoms with Gasteiger partial charge in [0.05, 0.1) is 32.3 Å². The van der Waals surface area contributed by atoms with Gasteiger partial charge in [0.2, 0.25) is 10.9 Å². The summed E-state index contributed by atoms with van der Waals surface area (Å²) in [6, 6.07) is 0. The highest BCUT2D eigenvalue weighted by atomic mass is 33.1. The van der Waals surface area contributed by atoms with Crippen molar-refractivity contribution in [2.24, 2.45) is 4.40 Å². The van der Waals surface area contributed by atoms with E-state index in [9.17, 15) is 0 Å². The van der Waals surface area contributed by atoms with E-state index in [1.54, 1.807) is 21.3 Å². The van der Waals surface area contributed by atoms with Crippen LogP contribution in [0.25, 0.3) is 0 Å². The van der Waals surface area contributed by atoms with E-state index in [1.165, 1.54) is 21.8 Å². The third-order valence-electron chi connectivity index (χ3n) is 1.20. The Morgan fingerprint density at radius 2 is 1.83 bits per heavy atom. The third-order valence-corrected chi connectivity index (χ3v) is 2.92. The molecule has 0 saturated heterocycles. The normalized spacial score (nSPS) is 17.1. The van der Waals surface area contributed by atoms with Gasteiger partial charge in [0.15, 0.2) is 0 Å². The Labute approximate surface area is 78.9 Å². The van der Waals surface area contributed by atoms with E-state index in [2.05, 4.69) is 4.40 Å². The molecule has 0 spiro atoms. The molecule has 0 radical (unpaired) electrons. The van der Waals surface area contributed by atoms with Crippen molar-refractivity contribution >= 4 is 27.7 Å². The van der Waals surface area contributed by atoms with E-state index in [0.29, 0.717) is 16.7 Å². The van der Waals surface area contributed by atoms with Gasteiger partial charge in [0.1, 0.15) is 0 Å². The fraction of sp³-hybridized carbons (Fsp3) is 0.500. The Morgan fingerprint density at radius 1 is 1.08 bits per heavy atom. The minimum Gasteiger partial charge on any atom is -0.488 e. The zero-order valence-electron chi connectivity index (χ0n) is 6.99. The molecule has 0 aliphatic carbocycles. The van der Waals surface area contributed by atoms with E-state index >= 15 is 0 Å². The second-order valence-corrected chi connectivity index (χ2v) is 3.60. The number of ether oxygens (including phenoxy) is 3. The van der Waals surface area contributed by atoms with Gasteiger partial charge in [-0.3, -0.25) is 0 Å². The van der Waals surface area contributed by atoms with Crippen molar-refractivity contribution in [2.75, 3.05) is 21.3 Å². The van der Waals surface area contributed by atoms with Crippen LogP contribution in [0.2, 0.25) is 0 Å². The molecule has 6 heteroatoms. The minimum atomic E-state index is 0.457. The van der Waals surface area contributed by atoms with Gasteiger partial charge >= 0.3 is 0 Å². The summed E-state index contributed by atoms with van der Waals surface area (Å²) < 4.78 is 19.1. The maximum atomic E-state index is 5.06. The standard InChI is InChI=1S/C6H9NO3S2/c1-8-4-5(9-2)7-12-11-6(4)10-3/h1-3H3. The van der Waals surface area contributed by atoms with Gasteiger partial charge in [0, 0.05) is 10.8 Å². The highest BCUT2D eigenvalue weighted by molar-refractivity contribution is 8.77. The van der Waals surface area contributed by atoms with Crippen molar-refractivity contribution in [2.45, 2.75) is 0 Å². The number of hydrogen-bond acceptors (Lipinski definition) is 6. The van der Waals surface area contributed by atoms with Crippen LogP contribution in [0.1, 0.15) is 0 Å². The average Bonchev–Trinajstić information content (AvgIpc) is 2.16. The summed E-state index contributed by atoms with van der Waals surface area (Å²) in [6.45, 7) is 0. The van der Waals surface area contributed by atoms with Crippen LogP contribution < -0.4 is 0 Å². The minimum absolute atomic E-state index is 0.457. The largest absolute Gasteiger partial charge is 0.488 e. The summed E-state index contributed by atoms with van der Waals surface area (Å²) in [6.07, 6.45) is 0. The van der Waals surface area contributed by atoms with Crippen LogP contribution in [-0.4, -0.2) is 27.2 Å². The molecule has 1 aliphatic rings. The van der Waals surface area contributed by atoms with E-state index < -0.39 is 0 Å². The second kappa shape index (κ2) is 4.51. The number of hydrogen-bond donors (Lipinski definition) is 0. The lowest BCUT2D eigenvalue weighted by Gasteiger charge is -2.15. The van der Waals surface area contributed by atoms with E-state index in [1.807, 2.05) is 0 Å². The molecule has 0 bridgehead atoms. The quantitative estimate of drug-likeness (QED) is 0.510. The Balaban J connectivity index is 2.89. The molecule has 0 amide bonds. The lowest BCUT2D eigenvalue weighted by atomic mass is 10.5. The summed E-state index contributed by atoms with van der Waals surface area (Å²) >= 11 is 0. The van der Waals surface area contributed by atoms with E-state index in [-0.39, 0.29) is 0 Å². The molecule has 0 N–H and O–H groups in total. The molecule has 0 unspecified atom stereocenters. The fourth-order valence-electron chi connectivity index (χ4n) is 0.680. The molecular weight excluding hydrogens is 198 g/mol. The Bertz CT molecular complexity index is 227. The lowest BCUT2D eigenvalue weighted by Crippen LogP contribution is -2.11. The van der Waals surface area contributed by atoms with Gasteiger partial charge in [-0.1, -0.05) is 0 Å². The van der Waals surface area contributed by atoms with Crippen molar-refractivity contribution in [3.63, 3.8) is 0 Å². The number of nitrogens with zero attached hydrogens (tertiary/aromatic N) is 1. The van der Waals surface area contributed by atoms with Crippen LogP contribution in [-0.2, 0) is 14.2 Å². The molecule has 0 aromatic heterocycles. The molecule has 1 aliphatic heterocycles. The first-order chi connectivity index (χ1) is 5.83. The van der Waals surface area contributed by atoms with Gasteiger partial charge in [0.25, 0.3) is 5.90 Å². The van der Waals surface area contributed by atoms with Crippen molar-refractivity contribution in [3.8, 4) is 0 Å². The highest BCUT2D eigenvalue weighted by Crippen LogP contribution is 2.38. The molecule has 12 heavy (non-hydrogen) atoms. The SMILES string of the molecule is COC1=NSSC(OC)=C1OC. The van der Waals surface area contributed by atoms with Crippen molar-refractivity contribution in [3.05, 3.63) is 10.9 Å².